The second-order valence-corrected chi connectivity index (χ2v) is 8.58. The Bertz CT molecular complexity index is 827. The van der Waals surface area contributed by atoms with Crippen LogP contribution in [0.5, 0.6) is 5.75 Å². The summed E-state index contributed by atoms with van der Waals surface area (Å²) < 4.78 is 11.3. The summed E-state index contributed by atoms with van der Waals surface area (Å²) >= 11 is 0. The van der Waals surface area contributed by atoms with E-state index in [9.17, 15) is 9.59 Å². The molecule has 3 fully saturated rings. The fraction of sp³-hybridized carbons (Fsp3) is 0.545. The molecule has 1 aromatic carbocycles. The lowest BCUT2D eigenvalue weighted by molar-refractivity contribution is -0.130. The van der Waals surface area contributed by atoms with E-state index in [1.165, 1.54) is 6.42 Å². The first kappa shape index (κ1) is 17.3. The van der Waals surface area contributed by atoms with Crippen molar-refractivity contribution in [2.75, 3.05) is 0 Å². The highest BCUT2D eigenvalue weighted by Gasteiger charge is 3.01. The minimum absolute atomic E-state index is 0.0661. The molecule has 3 saturated carbocycles. The van der Waals surface area contributed by atoms with E-state index in [-0.39, 0.29) is 22.8 Å². The first-order chi connectivity index (χ1) is 12.2. The third-order valence-electron chi connectivity index (χ3n) is 7.74. The Balaban J connectivity index is 1.54. The van der Waals surface area contributed by atoms with E-state index >= 15 is 0 Å². The molecule has 1 spiro atoms. The quantitative estimate of drug-likeness (QED) is 0.442. The number of hydrogen-bond acceptors (Lipinski definition) is 4. The largest absolute Gasteiger partial charge is 0.458 e. The van der Waals surface area contributed by atoms with Crippen molar-refractivity contribution in [1.29, 1.82) is 0 Å². The number of rotatable bonds is 5. The van der Waals surface area contributed by atoms with E-state index in [4.69, 9.17) is 9.47 Å². The predicted octanol–water partition coefficient (Wildman–Crippen LogP) is 4.54. The van der Waals surface area contributed by atoms with Crippen LogP contribution in [0.3, 0.4) is 0 Å². The summed E-state index contributed by atoms with van der Waals surface area (Å²) in [6.45, 7) is 12.0. The maximum atomic E-state index is 12.9. The third-order valence-corrected chi connectivity index (χ3v) is 7.74. The van der Waals surface area contributed by atoms with Gasteiger partial charge in [-0.3, -0.25) is 0 Å². The van der Waals surface area contributed by atoms with E-state index in [0.29, 0.717) is 22.3 Å². The number of carbonyl (C=O) groups excluding carboxylic acids is 2. The average molecular weight is 354 g/mol. The predicted molar refractivity (Wildman–Crippen MR) is 97.8 cm³/mol. The average Bonchev–Trinajstić information content (AvgIpc) is 3.35. The molecule has 0 N–H and O–H groups in total. The minimum atomic E-state index is -0.543. The molecule has 0 heterocycles. The van der Waals surface area contributed by atoms with Crippen molar-refractivity contribution in [2.24, 2.45) is 22.2 Å². The molecule has 1 aromatic rings. The Morgan fingerprint density at radius 3 is 2.54 bits per heavy atom. The summed E-state index contributed by atoms with van der Waals surface area (Å²) in [5.41, 5.74) is 1.38. The van der Waals surface area contributed by atoms with Gasteiger partial charge >= 0.3 is 11.9 Å². The van der Waals surface area contributed by atoms with E-state index in [0.717, 1.165) is 12.8 Å². The zero-order chi connectivity index (χ0) is 18.9. The van der Waals surface area contributed by atoms with Crippen molar-refractivity contribution in [3.05, 3.63) is 42.0 Å². The van der Waals surface area contributed by atoms with E-state index < -0.39 is 11.9 Å². The first-order valence-corrected chi connectivity index (χ1v) is 9.40. The number of benzene rings is 1. The Labute approximate surface area is 154 Å². The van der Waals surface area contributed by atoms with Gasteiger partial charge in [-0.25, -0.2) is 9.59 Å². The molecule has 3 aliphatic rings. The molecule has 0 saturated heterocycles. The van der Waals surface area contributed by atoms with Crippen molar-refractivity contribution < 1.29 is 19.1 Å². The minimum Gasteiger partial charge on any atom is -0.458 e. The lowest BCUT2D eigenvalue weighted by Crippen LogP contribution is -2.31. The molecule has 0 aliphatic heterocycles. The zero-order valence-corrected chi connectivity index (χ0v) is 15.9. The Hall–Kier alpha value is -2.10. The highest BCUT2D eigenvalue weighted by molar-refractivity contribution is 5.95. The fourth-order valence-electron chi connectivity index (χ4n) is 6.07. The van der Waals surface area contributed by atoms with Gasteiger partial charge in [0.2, 0.25) is 0 Å². The summed E-state index contributed by atoms with van der Waals surface area (Å²) in [4.78, 5) is 24.7. The van der Waals surface area contributed by atoms with Gasteiger partial charge in [-0.15, -0.1) is 0 Å². The van der Waals surface area contributed by atoms with Gasteiger partial charge in [-0.05, 0) is 48.6 Å². The monoisotopic (exact) mass is 354 g/mol. The Morgan fingerprint density at radius 2 is 1.96 bits per heavy atom. The molecule has 5 unspecified atom stereocenters. The molecule has 26 heavy (non-hydrogen) atoms. The first-order valence-electron chi connectivity index (χ1n) is 9.40. The van der Waals surface area contributed by atoms with Crippen LogP contribution >= 0.6 is 0 Å². The van der Waals surface area contributed by atoms with Gasteiger partial charge in [0, 0.05) is 11.0 Å². The molecule has 0 amide bonds. The van der Waals surface area contributed by atoms with Gasteiger partial charge < -0.3 is 9.47 Å². The number of hydrogen-bond donors (Lipinski definition) is 0. The van der Waals surface area contributed by atoms with Crippen LogP contribution in [-0.4, -0.2) is 18.0 Å². The summed E-state index contributed by atoms with van der Waals surface area (Å²) in [6.07, 6.45) is 3.26. The molecule has 0 radical (unpaired) electrons. The van der Waals surface area contributed by atoms with Crippen molar-refractivity contribution in [1.82, 2.24) is 0 Å². The second-order valence-electron chi connectivity index (χ2n) is 8.58. The normalized spacial score (nSPS) is 38.8. The van der Waals surface area contributed by atoms with Crippen molar-refractivity contribution in [3.63, 3.8) is 0 Å². The lowest BCUT2D eigenvalue weighted by atomic mass is 9.85. The van der Waals surface area contributed by atoms with Crippen molar-refractivity contribution in [2.45, 2.75) is 53.1 Å². The zero-order valence-electron chi connectivity index (χ0n) is 15.9. The molecule has 0 bridgehead atoms. The molecule has 3 aliphatic carbocycles. The summed E-state index contributed by atoms with van der Waals surface area (Å²) in [5, 5.41) is 0. The third kappa shape index (κ3) is 1.85. The van der Waals surface area contributed by atoms with E-state index in [2.05, 4.69) is 27.4 Å². The number of carbonyl (C=O) groups is 2. The molecule has 0 aromatic heterocycles. The fourth-order valence-corrected chi connectivity index (χ4v) is 6.07. The van der Waals surface area contributed by atoms with E-state index in [1.807, 2.05) is 0 Å². The highest BCUT2D eigenvalue weighted by Crippen LogP contribution is 3.03. The molecule has 138 valence electrons. The van der Waals surface area contributed by atoms with Gasteiger partial charge in [-0.1, -0.05) is 45.9 Å². The molecule has 4 heteroatoms. The number of para-hydroxylation sites is 1. The molecular weight excluding hydrogens is 328 g/mol. The van der Waals surface area contributed by atoms with Crippen LogP contribution in [0.25, 0.3) is 0 Å². The van der Waals surface area contributed by atoms with E-state index in [1.54, 1.807) is 31.2 Å². The van der Waals surface area contributed by atoms with Gasteiger partial charge in [0.15, 0.2) is 0 Å². The number of esters is 2. The summed E-state index contributed by atoms with van der Waals surface area (Å²) in [5.74, 6) is -0.100. The lowest BCUT2D eigenvalue weighted by Gasteiger charge is -2.27. The van der Waals surface area contributed by atoms with Crippen molar-refractivity contribution in [3.8, 4) is 5.75 Å². The number of fused-ring (bicyclic) bond motifs is 1. The van der Waals surface area contributed by atoms with Crippen LogP contribution < -0.4 is 4.74 Å². The standard InChI is InChI=1S/C22H26O4/c1-6-14-11-17(21(5)20(4)12-22(14,20)21)26-19(24)15-9-7-8-10-16(15)25-18(23)13(2)3/h7-10,14,17H,2,6,11-12H2,1,3-5H3. The Morgan fingerprint density at radius 1 is 1.27 bits per heavy atom. The SMILES string of the molecule is C=C(C)C(=O)Oc1ccccc1C(=O)OC1CC(CC)C23CC2(C)C13C. The summed E-state index contributed by atoms with van der Waals surface area (Å²) in [6, 6.07) is 6.73. The van der Waals surface area contributed by atoms with Crippen LogP contribution in [0.2, 0.25) is 0 Å². The van der Waals surface area contributed by atoms with Crippen LogP contribution in [0.15, 0.2) is 36.4 Å². The maximum absolute atomic E-state index is 12.9. The van der Waals surface area contributed by atoms with Gasteiger partial charge in [0.05, 0.1) is 0 Å². The Kier molecular flexibility index (Phi) is 3.47. The number of ether oxygens (including phenoxy) is 2. The van der Waals surface area contributed by atoms with Crippen LogP contribution in [0, 0.1) is 22.2 Å². The van der Waals surface area contributed by atoms with Crippen LogP contribution in [0.1, 0.15) is 57.3 Å². The molecular formula is C22H26O4. The second kappa shape index (κ2) is 5.21. The molecule has 4 rings (SSSR count). The van der Waals surface area contributed by atoms with Gasteiger partial charge in [-0.2, -0.15) is 0 Å². The highest BCUT2D eigenvalue weighted by atomic mass is 16.6. The van der Waals surface area contributed by atoms with Crippen molar-refractivity contribution >= 4 is 11.9 Å². The molecule has 4 nitrogen and oxygen atoms in total. The van der Waals surface area contributed by atoms with Gasteiger partial charge in [0.1, 0.15) is 17.4 Å². The maximum Gasteiger partial charge on any atom is 0.342 e. The molecule has 5 atom stereocenters. The summed E-state index contributed by atoms with van der Waals surface area (Å²) in [7, 11) is 0. The van der Waals surface area contributed by atoms with Crippen LogP contribution in [-0.2, 0) is 9.53 Å². The van der Waals surface area contributed by atoms with Crippen LogP contribution in [0.4, 0.5) is 0 Å². The smallest absolute Gasteiger partial charge is 0.342 e. The van der Waals surface area contributed by atoms with Gasteiger partial charge in [0.25, 0.3) is 0 Å². The topological polar surface area (TPSA) is 52.6 Å².